The molecular weight excluding hydrogens is 192 g/mol. The molecule has 0 aromatic heterocycles. The van der Waals surface area contributed by atoms with Gasteiger partial charge in [-0.2, -0.15) is 0 Å². The predicted octanol–water partition coefficient (Wildman–Crippen LogP) is 4.87. The van der Waals surface area contributed by atoms with Crippen LogP contribution < -0.4 is 0 Å². The second-order valence-corrected chi connectivity index (χ2v) is 3.72. The van der Waals surface area contributed by atoms with Crippen LogP contribution in [0.2, 0.25) is 0 Å². The average molecular weight is 212 g/mol. The normalized spacial score (nSPS) is 14.1. The van der Waals surface area contributed by atoms with E-state index in [2.05, 4.69) is 55.5 Å². The van der Waals surface area contributed by atoms with E-state index in [9.17, 15) is 0 Å². The third kappa shape index (κ3) is 4.31. The molecule has 16 heavy (non-hydrogen) atoms. The Morgan fingerprint density at radius 2 is 1.69 bits per heavy atom. The van der Waals surface area contributed by atoms with Crippen LogP contribution in [0.3, 0.4) is 0 Å². The summed E-state index contributed by atoms with van der Waals surface area (Å²) in [7, 11) is 0. The van der Waals surface area contributed by atoms with Crippen LogP contribution in [0.25, 0.3) is 0 Å². The Kier molecular flexibility index (Phi) is 6.02. The molecular formula is C16H20. The average Bonchev–Trinajstić information content (AvgIpc) is 2.35. The fourth-order valence-corrected chi connectivity index (χ4v) is 1.62. The van der Waals surface area contributed by atoms with Crippen molar-refractivity contribution in [1.29, 1.82) is 0 Å². The fraction of sp³-hybridized carbons (Fsp3) is 0.250. The highest BCUT2D eigenvalue weighted by molar-refractivity contribution is 5.25. The monoisotopic (exact) mass is 212 g/mol. The van der Waals surface area contributed by atoms with Crippen LogP contribution in [0.15, 0.2) is 66.8 Å². The molecule has 0 N–H and O–H groups in total. The van der Waals surface area contributed by atoms with Crippen molar-refractivity contribution in [3.63, 3.8) is 0 Å². The Labute approximate surface area is 99.0 Å². The lowest BCUT2D eigenvalue weighted by Gasteiger charge is -2.09. The van der Waals surface area contributed by atoms with Crippen LogP contribution in [-0.4, -0.2) is 0 Å². The van der Waals surface area contributed by atoms with Gasteiger partial charge >= 0.3 is 0 Å². The maximum atomic E-state index is 2.26. The van der Waals surface area contributed by atoms with Crippen molar-refractivity contribution in [3.8, 4) is 0 Å². The van der Waals surface area contributed by atoms with Crippen molar-refractivity contribution in [2.75, 3.05) is 0 Å². The van der Waals surface area contributed by atoms with E-state index in [4.69, 9.17) is 0 Å². The topological polar surface area (TPSA) is 0 Å². The Morgan fingerprint density at radius 3 is 2.31 bits per heavy atom. The number of benzene rings is 1. The lowest BCUT2D eigenvalue weighted by molar-refractivity contribution is 0.805. The molecule has 0 aliphatic heterocycles. The second-order valence-electron chi connectivity index (χ2n) is 3.72. The quantitative estimate of drug-likeness (QED) is 0.611. The highest BCUT2D eigenvalue weighted by atomic mass is 14.1. The number of rotatable bonds is 5. The van der Waals surface area contributed by atoms with Gasteiger partial charge in [0.05, 0.1) is 0 Å². The van der Waals surface area contributed by atoms with Crippen molar-refractivity contribution < 1.29 is 0 Å². The first kappa shape index (κ1) is 12.5. The van der Waals surface area contributed by atoms with E-state index in [1.54, 1.807) is 0 Å². The number of hydrogen-bond donors (Lipinski definition) is 0. The van der Waals surface area contributed by atoms with Crippen molar-refractivity contribution in [2.45, 2.75) is 26.2 Å². The first-order valence-corrected chi connectivity index (χ1v) is 5.89. The number of allylic oxidation sites excluding steroid dienone is 6. The molecule has 0 saturated heterocycles. The summed E-state index contributed by atoms with van der Waals surface area (Å²) >= 11 is 0. The van der Waals surface area contributed by atoms with Gasteiger partial charge in [-0.05, 0) is 18.9 Å². The minimum Gasteiger partial charge on any atom is -0.0877 e. The van der Waals surface area contributed by atoms with Crippen LogP contribution >= 0.6 is 0 Å². The molecule has 1 rings (SSSR count). The minimum atomic E-state index is 0.524. The molecule has 1 aromatic carbocycles. The Hall–Kier alpha value is -1.56. The van der Waals surface area contributed by atoms with Gasteiger partial charge in [-0.25, -0.2) is 0 Å². The summed E-state index contributed by atoms with van der Waals surface area (Å²) < 4.78 is 0. The molecule has 0 heteroatoms. The van der Waals surface area contributed by atoms with E-state index in [0.29, 0.717) is 5.92 Å². The summed E-state index contributed by atoms with van der Waals surface area (Å²) in [5.74, 6) is 0.524. The summed E-state index contributed by atoms with van der Waals surface area (Å²) in [6.07, 6.45) is 13.7. The number of hydrogen-bond acceptors (Lipinski definition) is 0. The second kappa shape index (κ2) is 7.70. The zero-order valence-electron chi connectivity index (χ0n) is 10.1. The lowest BCUT2D eigenvalue weighted by Crippen LogP contribution is -1.91. The molecule has 1 atom stereocenters. The summed E-state index contributed by atoms with van der Waals surface area (Å²) in [5.41, 5.74) is 1.39. The van der Waals surface area contributed by atoms with Gasteiger partial charge in [0.15, 0.2) is 0 Å². The summed E-state index contributed by atoms with van der Waals surface area (Å²) in [5, 5.41) is 0. The third-order valence-electron chi connectivity index (χ3n) is 2.54. The molecule has 0 fully saturated rings. The van der Waals surface area contributed by atoms with Gasteiger partial charge in [0.25, 0.3) is 0 Å². The molecule has 0 nitrogen and oxygen atoms in total. The van der Waals surface area contributed by atoms with Gasteiger partial charge in [0.1, 0.15) is 0 Å². The zero-order valence-corrected chi connectivity index (χ0v) is 10.1. The van der Waals surface area contributed by atoms with E-state index >= 15 is 0 Å². The van der Waals surface area contributed by atoms with Gasteiger partial charge in [0, 0.05) is 5.92 Å². The fourth-order valence-electron chi connectivity index (χ4n) is 1.62. The van der Waals surface area contributed by atoms with Crippen LogP contribution in [0.4, 0.5) is 0 Å². The standard InChI is InChI=1S/C16H20/c1-3-5-6-7-9-12-15(4-2)16-13-10-8-11-14-16/h3,5-15H,4H2,1-2H3/b5-3-,7-6-,12-9+. The van der Waals surface area contributed by atoms with Gasteiger partial charge in [-0.15, -0.1) is 0 Å². The molecule has 0 aliphatic rings. The van der Waals surface area contributed by atoms with Gasteiger partial charge in [0.2, 0.25) is 0 Å². The van der Waals surface area contributed by atoms with Gasteiger partial charge in [-0.3, -0.25) is 0 Å². The summed E-state index contributed by atoms with van der Waals surface area (Å²) in [4.78, 5) is 0. The van der Waals surface area contributed by atoms with Gasteiger partial charge in [-0.1, -0.05) is 73.7 Å². The van der Waals surface area contributed by atoms with Crippen LogP contribution in [0.5, 0.6) is 0 Å². The minimum absolute atomic E-state index is 0.524. The molecule has 84 valence electrons. The molecule has 1 unspecified atom stereocenters. The molecule has 0 aliphatic carbocycles. The zero-order chi connectivity index (χ0) is 11.6. The highest BCUT2D eigenvalue weighted by Crippen LogP contribution is 2.20. The summed E-state index contributed by atoms with van der Waals surface area (Å²) in [6, 6.07) is 10.6. The highest BCUT2D eigenvalue weighted by Gasteiger charge is 2.02. The van der Waals surface area contributed by atoms with Crippen LogP contribution in [-0.2, 0) is 0 Å². The molecule has 0 bridgehead atoms. The Morgan fingerprint density at radius 1 is 1.00 bits per heavy atom. The molecule has 0 amide bonds. The van der Waals surface area contributed by atoms with E-state index in [1.165, 1.54) is 5.56 Å². The van der Waals surface area contributed by atoms with Crippen LogP contribution in [0.1, 0.15) is 31.7 Å². The van der Waals surface area contributed by atoms with Crippen molar-refractivity contribution >= 4 is 0 Å². The first-order chi connectivity index (χ1) is 7.88. The van der Waals surface area contributed by atoms with Crippen LogP contribution in [0, 0.1) is 0 Å². The lowest BCUT2D eigenvalue weighted by atomic mass is 9.96. The Balaban J connectivity index is 2.62. The maximum absolute atomic E-state index is 2.26. The molecule has 0 spiro atoms. The largest absolute Gasteiger partial charge is 0.0877 e. The van der Waals surface area contributed by atoms with E-state index < -0.39 is 0 Å². The molecule has 0 saturated carbocycles. The van der Waals surface area contributed by atoms with Crippen molar-refractivity contribution in [3.05, 3.63) is 72.4 Å². The third-order valence-corrected chi connectivity index (χ3v) is 2.54. The van der Waals surface area contributed by atoms with Gasteiger partial charge < -0.3 is 0 Å². The first-order valence-electron chi connectivity index (χ1n) is 5.89. The Bertz CT molecular complexity index is 355. The van der Waals surface area contributed by atoms with E-state index in [1.807, 2.05) is 25.2 Å². The van der Waals surface area contributed by atoms with Crippen molar-refractivity contribution in [2.24, 2.45) is 0 Å². The molecule has 1 aromatic rings. The summed E-state index contributed by atoms with van der Waals surface area (Å²) in [6.45, 7) is 4.24. The predicted molar refractivity (Wildman–Crippen MR) is 72.6 cm³/mol. The maximum Gasteiger partial charge on any atom is 0.00184 e. The van der Waals surface area contributed by atoms with E-state index in [0.717, 1.165) is 6.42 Å². The van der Waals surface area contributed by atoms with E-state index in [-0.39, 0.29) is 0 Å². The molecule has 0 radical (unpaired) electrons. The molecule has 0 heterocycles. The SMILES string of the molecule is C\C=C/C=C\C=C\C(CC)c1ccccc1. The van der Waals surface area contributed by atoms with Crippen molar-refractivity contribution in [1.82, 2.24) is 0 Å². The smallest absolute Gasteiger partial charge is 0.00184 e.